The molecule has 0 aliphatic carbocycles. The lowest BCUT2D eigenvalue weighted by atomic mass is 9.81. The number of nitrogens with one attached hydrogen (secondary N) is 1. The van der Waals surface area contributed by atoms with Crippen molar-refractivity contribution in [1.82, 2.24) is 5.32 Å². The zero-order valence-corrected chi connectivity index (χ0v) is 12.3. The molecule has 0 saturated heterocycles. The summed E-state index contributed by atoms with van der Waals surface area (Å²) in [5.41, 5.74) is 4.50. The van der Waals surface area contributed by atoms with Crippen LogP contribution in [0.25, 0.3) is 0 Å². The van der Waals surface area contributed by atoms with Gasteiger partial charge in [0.1, 0.15) is 11.6 Å². The molecule has 0 aliphatic rings. The van der Waals surface area contributed by atoms with E-state index in [1.165, 1.54) is 6.92 Å². The Kier molecular flexibility index (Phi) is 9.19. The summed E-state index contributed by atoms with van der Waals surface area (Å²) in [6.45, 7) is 1.88. The molecule has 0 radical (unpaired) electrons. The standard InChI is InChI=1S/C12H25BN2O6/c1-9(10(16)17)15-8-4-6-12(14,11(18)19)5-2-3-7-13(20)21/h9,15,20-21H,2-8,14H2,1H3,(H,16,17)(H,18,19). The average molecular weight is 304 g/mol. The summed E-state index contributed by atoms with van der Waals surface area (Å²) in [5, 5.41) is 38.1. The van der Waals surface area contributed by atoms with E-state index in [4.69, 9.17) is 20.9 Å². The van der Waals surface area contributed by atoms with Crippen LogP contribution in [0.15, 0.2) is 0 Å². The van der Waals surface area contributed by atoms with Crippen LogP contribution < -0.4 is 11.1 Å². The fourth-order valence-corrected chi connectivity index (χ4v) is 1.92. The molecule has 2 unspecified atom stereocenters. The van der Waals surface area contributed by atoms with Gasteiger partial charge in [-0.15, -0.1) is 0 Å². The van der Waals surface area contributed by atoms with Crippen molar-refractivity contribution in [3.05, 3.63) is 0 Å². The zero-order chi connectivity index (χ0) is 16.5. The van der Waals surface area contributed by atoms with Gasteiger partial charge in [0.25, 0.3) is 0 Å². The third-order valence-corrected chi connectivity index (χ3v) is 3.38. The Balaban J connectivity index is 4.10. The zero-order valence-electron chi connectivity index (χ0n) is 12.3. The van der Waals surface area contributed by atoms with Gasteiger partial charge in [-0.1, -0.05) is 12.8 Å². The first-order chi connectivity index (χ1) is 9.69. The van der Waals surface area contributed by atoms with E-state index in [1.54, 1.807) is 0 Å². The fourth-order valence-electron chi connectivity index (χ4n) is 1.92. The minimum Gasteiger partial charge on any atom is -0.480 e. The average Bonchev–Trinajstić information content (AvgIpc) is 2.39. The second-order valence-corrected chi connectivity index (χ2v) is 5.31. The van der Waals surface area contributed by atoms with Gasteiger partial charge in [-0.2, -0.15) is 0 Å². The first-order valence-corrected chi connectivity index (χ1v) is 7.03. The van der Waals surface area contributed by atoms with Crippen LogP contribution in [-0.4, -0.2) is 57.4 Å². The summed E-state index contributed by atoms with van der Waals surface area (Å²) in [4.78, 5) is 21.9. The maximum atomic E-state index is 11.2. The van der Waals surface area contributed by atoms with Crippen molar-refractivity contribution < 1.29 is 29.9 Å². The lowest BCUT2D eigenvalue weighted by Gasteiger charge is -2.25. The molecule has 0 aromatic rings. The van der Waals surface area contributed by atoms with Crippen LogP contribution in [0.2, 0.25) is 6.32 Å². The van der Waals surface area contributed by atoms with Crippen LogP contribution in [0.1, 0.15) is 39.0 Å². The van der Waals surface area contributed by atoms with E-state index in [0.717, 1.165) is 0 Å². The Bertz CT molecular complexity index is 342. The number of carboxylic acids is 2. The molecular weight excluding hydrogens is 279 g/mol. The molecule has 0 bridgehead atoms. The van der Waals surface area contributed by atoms with Gasteiger partial charge in [0, 0.05) is 0 Å². The van der Waals surface area contributed by atoms with Crippen molar-refractivity contribution in [3.8, 4) is 0 Å². The lowest BCUT2D eigenvalue weighted by Crippen LogP contribution is -2.48. The van der Waals surface area contributed by atoms with Crippen molar-refractivity contribution in [1.29, 1.82) is 0 Å². The summed E-state index contributed by atoms with van der Waals surface area (Å²) < 4.78 is 0. The molecule has 8 nitrogen and oxygen atoms in total. The van der Waals surface area contributed by atoms with Gasteiger partial charge >= 0.3 is 19.1 Å². The number of carboxylic acid groups (broad SMARTS) is 2. The maximum absolute atomic E-state index is 11.2. The number of hydrogen-bond donors (Lipinski definition) is 6. The SMILES string of the molecule is CC(NCCCC(N)(CCCCB(O)O)C(=O)O)C(=O)O. The number of unbranched alkanes of at least 4 members (excludes halogenated alkanes) is 1. The van der Waals surface area contributed by atoms with E-state index in [9.17, 15) is 14.7 Å². The van der Waals surface area contributed by atoms with Crippen LogP contribution >= 0.6 is 0 Å². The molecule has 7 N–H and O–H groups in total. The van der Waals surface area contributed by atoms with Crippen LogP contribution in [-0.2, 0) is 9.59 Å². The molecule has 0 heterocycles. The Morgan fingerprint density at radius 2 is 1.76 bits per heavy atom. The van der Waals surface area contributed by atoms with Gasteiger partial charge in [0.15, 0.2) is 0 Å². The third-order valence-electron chi connectivity index (χ3n) is 3.38. The topological polar surface area (TPSA) is 153 Å². The first-order valence-electron chi connectivity index (χ1n) is 7.03. The van der Waals surface area contributed by atoms with Crippen molar-refractivity contribution >= 4 is 19.1 Å². The molecule has 21 heavy (non-hydrogen) atoms. The normalized spacial score (nSPS) is 15.2. The van der Waals surface area contributed by atoms with Crippen molar-refractivity contribution in [3.63, 3.8) is 0 Å². The summed E-state index contributed by atoms with van der Waals surface area (Å²) in [5.74, 6) is -2.06. The van der Waals surface area contributed by atoms with E-state index >= 15 is 0 Å². The molecule has 2 atom stereocenters. The number of nitrogens with two attached hydrogens (primary N) is 1. The molecule has 0 fully saturated rings. The maximum Gasteiger partial charge on any atom is 0.451 e. The Morgan fingerprint density at radius 1 is 1.19 bits per heavy atom. The highest BCUT2D eigenvalue weighted by atomic mass is 16.4. The van der Waals surface area contributed by atoms with Gasteiger partial charge in [0.05, 0.1) is 0 Å². The van der Waals surface area contributed by atoms with Crippen molar-refractivity contribution in [2.75, 3.05) is 6.54 Å². The van der Waals surface area contributed by atoms with Gasteiger partial charge in [-0.25, -0.2) is 0 Å². The summed E-state index contributed by atoms with van der Waals surface area (Å²) >= 11 is 0. The Hall–Kier alpha value is -1.16. The van der Waals surface area contributed by atoms with E-state index in [2.05, 4.69) is 5.32 Å². The Morgan fingerprint density at radius 3 is 2.24 bits per heavy atom. The quantitative estimate of drug-likeness (QED) is 0.203. The van der Waals surface area contributed by atoms with Crippen LogP contribution in [0.3, 0.4) is 0 Å². The highest BCUT2D eigenvalue weighted by molar-refractivity contribution is 6.40. The highest BCUT2D eigenvalue weighted by Crippen LogP contribution is 2.19. The second kappa shape index (κ2) is 9.72. The molecule has 0 aliphatic heterocycles. The molecule has 9 heteroatoms. The number of carbonyl (C=O) groups is 2. The molecule has 0 amide bonds. The van der Waals surface area contributed by atoms with Gasteiger partial charge in [-0.3, -0.25) is 9.59 Å². The smallest absolute Gasteiger partial charge is 0.451 e. The summed E-state index contributed by atoms with van der Waals surface area (Å²) in [6, 6.07) is -0.687. The largest absolute Gasteiger partial charge is 0.480 e. The minimum absolute atomic E-state index is 0.188. The minimum atomic E-state index is -1.39. The van der Waals surface area contributed by atoms with Gasteiger partial charge in [-0.05, 0) is 39.1 Å². The summed E-state index contributed by atoms with van der Waals surface area (Å²) in [6.07, 6.45) is 2.07. The van der Waals surface area contributed by atoms with Crippen LogP contribution in [0.5, 0.6) is 0 Å². The van der Waals surface area contributed by atoms with E-state index < -0.39 is 30.6 Å². The lowest BCUT2D eigenvalue weighted by molar-refractivity contribution is -0.144. The predicted octanol–water partition coefficient (Wildman–Crippen LogP) is -0.745. The molecule has 0 aromatic carbocycles. The van der Waals surface area contributed by atoms with E-state index in [0.29, 0.717) is 25.8 Å². The predicted molar refractivity (Wildman–Crippen MR) is 77.7 cm³/mol. The number of rotatable bonds is 12. The molecule has 122 valence electrons. The molecule has 0 aromatic heterocycles. The monoisotopic (exact) mass is 304 g/mol. The van der Waals surface area contributed by atoms with Crippen LogP contribution in [0, 0.1) is 0 Å². The fraction of sp³-hybridized carbons (Fsp3) is 0.833. The molecule has 0 saturated carbocycles. The van der Waals surface area contributed by atoms with Crippen molar-refractivity contribution in [2.24, 2.45) is 5.73 Å². The van der Waals surface area contributed by atoms with Crippen LogP contribution in [0.4, 0.5) is 0 Å². The molecular formula is C12H25BN2O6. The molecule has 0 spiro atoms. The van der Waals surface area contributed by atoms with Gasteiger partial charge < -0.3 is 31.3 Å². The Labute approximate surface area is 124 Å². The number of hydrogen-bond acceptors (Lipinski definition) is 6. The van der Waals surface area contributed by atoms with E-state index in [1.807, 2.05) is 0 Å². The van der Waals surface area contributed by atoms with Gasteiger partial charge in [0.2, 0.25) is 0 Å². The van der Waals surface area contributed by atoms with E-state index in [-0.39, 0.29) is 19.2 Å². The summed E-state index contributed by atoms with van der Waals surface area (Å²) in [7, 11) is -1.39. The highest BCUT2D eigenvalue weighted by Gasteiger charge is 2.32. The van der Waals surface area contributed by atoms with Crippen molar-refractivity contribution in [2.45, 2.75) is 56.9 Å². The second-order valence-electron chi connectivity index (χ2n) is 5.31. The molecule has 0 rings (SSSR count). The number of aliphatic carboxylic acids is 2. The first kappa shape index (κ1) is 19.8. The third kappa shape index (κ3) is 8.66.